The Morgan fingerprint density at radius 3 is 2.59 bits per heavy atom. The first-order chi connectivity index (χ1) is 10.6. The summed E-state index contributed by atoms with van der Waals surface area (Å²) >= 11 is 1.64. The van der Waals surface area contributed by atoms with Crippen LogP contribution in [-0.2, 0) is 9.59 Å². The predicted octanol–water partition coefficient (Wildman–Crippen LogP) is 1.05. The maximum atomic E-state index is 12.7. The van der Waals surface area contributed by atoms with Gasteiger partial charge in [0.2, 0.25) is 11.8 Å². The van der Waals surface area contributed by atoms with Gasteiger partial charge in [0, 0.05) is 57.8 Å². The van der Waals surface area contributed by atoms with Crippen LogP contribution in [0, 0.1) is 5.92 Å². The predicted molar refractivity (Wildman–Crippen MR) is 85.9 cm³/mol. The van der Waals surface area contributed by atoms with Gasteiger partial charge in [0.05, 0.1) is 5.92 Å². The van der Waals surface area contributed by atoms with Crippen molar-refractivity contribution in [1.82, 2.24) is 14.8 Å². The van der Waals surface area contributed by atoms with Crippen LogP contribution in [0.3, 0.4) is 0 Å². The number of rotatable bonds is 2. The molecule has 1 atom stereocenters. The molecule has 1 aromatic rings. The summed E-state index contributed by atoms with van der Waals surface area (Å²) in [6.07, 6.45) is 3.64. The van der Waals surface area contributed by atoms with E-state index < -0.39 is 0 Å². The summed E-state index contributed by atoms with van der Waals surface area (Å²) in [7, 11) is 0. The van der Waals surface area contributed by atoms with Crippen molar-refractivity contribution in [3.05, 3.63) is 11.6 Å². The van der Waals surface area contributed by atoms with Gasteiger partial charge in [0.25, 0.3) is 0 Å². The first-order valence-corrected chi connectivity index (χ1v) is 8.72. The molecule has 2 aliphatic rings. The molecule has 22 heavy (non-hydrogen) atoms. The van der Waals surface area contributed by atoms with E-state index in [0.717, 1.165) is 50.7 Å². The van der Waals surface area contributed by atoms with E-state index in [-0.39, 0.29) is 17.7 Å². The lowest BCUT2D eigenvalue weighted by Gasteiger charge is -2.38. The van der Waals surface area contributed by atoms with Gasteiger partial charge in [-0.2, -0.15) is 0 Å². The molecule has 0 saturated carbocycles. The van der Waals surface area contributed by atoms with Gasteiger partial charge in [0.15, 0.2) is 5.13 Å². The third-order valence-electron chi connectivity index (χ3n) is 4.50. The van der Waals surface area contributed by atoms with Crippen LogP contribution in [0.2, 0.25) is 0 Å². The number of thiazole rings is 1. The quantitative estimate of drug-likeness (QED) is 0.817. The number of aromatic nitrogens is 1. The minimum absolute atomic E-state index is 0.0240. The highest BCUT2D eigenvalue weighted by Gasteiger charge is 2.31. The number of carbonyl (C=O) groups excluding carboxylic acids is 2. The van der Waals surface area contributed by atoms with Crippen molar-refractivity contribution in [2.45, 2.75) is 19.8 Å². The molecular weight excluding hydrogens is 300 g/mol. The zero-order chi connectivity index (χ0) is 15.5. The van der Waals surface area contributed by atoms with E-state index in [9.17, 15) is 9.59 Å². The molecule has 3 heterocycles. The second kappa shape index (κ2) is 6.64. The fourth-order valence-electron chi connectivity index (χ4n) is 3.21. The summed E-state index contributed by atoms with van der Waals surface area (Å²) in [6.45, 7) is 6.12. The average Bonchev–Trinajstić information content (AvgIpc) is 3.09. The van der Waals surface area contributed by atoms with Gasteiger partial charge in [0.1, 0.15) is 0 Å². The van der Waals surface area contributed by atoms with Gasteiger partial charge in [-0.1, -0.05) is 0 Å². The van der Waals surface area contributed by atoms with Crippen LogP contribution in [-0.4, -0.2) is 65.9 Å². The fourth-order valence-corrected chi connectivity index (χ4v) is 3.91. The van der Waals surface area contributed by atoms with Crippen molar-refractivity contribution >= 4 is 28.3 Å². The van der Waals surface area contributed by atoms with Gasteiger partial charge < -0.3 is 14.7 Å². The highest BCUT2D eigenvalue weighted by Crippen LogP contribution is 2.22. The lowest BCUT2D eigenvalue weighted by molar-refractivity contribution is -0.140. The highest BCUT2D eigenvalue weighted by molar-refractivity contribution is 7.13. The maximum Gasteiger partial charge on any atom is 0.227 e. The van der Waals surface area contributed by atoms with E-state index in [1.54, 1.807) is 23.2 Å². The van der Waals surface area contributed by atoms with Crippen molar-refractivity contribution in [3.63, 3.8) is 0 Å². The van der Waals surface area contributed by atoms with Gasteiger partial charge in [-0.3, -0.25) is 9.59 Å². The number of hydrogen-bond acceptors (Lipinski definition) is 5. The maximum absolute atomic E-state index is 12.7. The number of piperazine rings is 1. The van der Waals surface area contributed by atoms with Crippen molar-refractivity contribution in [3.8, 4) is 0 Å². The largest absolute Gasteiger partial charge is 0.345 e. The Morgan fingerprint density at radius 2 is 1.95 bits per heavy atom. The molecule has 1 aromatic heterocycles. The third-order valence-corrected chi connectivity index (χ3v) is 5.33. The number of hydrogen-bond donors (Lipinski definition) is 0. The molecule has 0 N–H and O–H groups in total. The molecule has 0 aromatic carbocycles. The second-order valence-corrected chi connectivity index (χ2v) is 6.80. The number of amides is 2. The molecule has 6 nitrogen and oxygen atoms in total. The topological polar surface area (TPSA) is 56.8 Å². The van der Waals surface area contributed by atoms with E-state index >= 15 is 0 Å². The molecule has 3 rings (SSSR count). The van der Waals surface area contributed by atoms with Crippen LogP contribution in [0.1, 0.15) is 19.8 Å². The van der Waals surface area contributed by atoms with Crippen LogP contribution < -0.4 is 4.90 Å². The van der Waals surface area contributed by atoms with Gasteiger partial charge in [-0.05, 0) is 12.8 Å². The average molecular weight is 322 g/mol. The smallest absolute Gasteiger partial charge is 0.227 e. The minimum Gasteiger partial charge on any atom is -0.345 e. The summed E-state index contributed by atoms with van der Waals surface area (Å²) in [6, 6.07) is 0. The van der Waals surface area contributed by atoms with E-state index in [1.807, 2.05) is 16.5 Å². The Labute approximate surface area is 134 Å². The summed E-state index contributed by atoms with van der Waals surface area (Å²) < 4.78 is 0. The van der Waals surface area contributed by atoms with Crippen molar-refractivity contribution in [2.75, 3.05) is 44.2 Å². The Balaban J connectivity index is 1.54. The molecule has 0 spiro atoms. The Morgan fingerprint density at radius 1 is 1.18 bits per heavy atom. The summed E-state index contributed by atoms with van der Waals surface area (Å²) in [5, 5.41) is 3.01. The molecular formula is C15H22N4O2S. The Kier molecular flexibility index (Phi) is 4.61. The summed E-state index contributed by atoms with van der Waals surface area (Å²) in [4.78, 5) is 34.5. The van der Waals surface area contributed by atoms with Crippen molar-refractivity contribution < 1.29 is 9.59 Å². The number of anilines is 1. The molecule has 7 heteroatoms. The third kappa shape index (κ3) is 3.24. The molecule has 2 amide bonds. The number of nitrogens with zero attached hydrogens (tertiary/aromatic N) is 4. The summed E-state index contributed by atoms with van der Waals surface area (Å²) in [5.74, 6) is 0.264. The van der Waals surface area contributed by atoms with Crippen LogP contribution >= 0.6 is 11.3 Å². The number of piperidine rings is 1. The lowest BCUT2D eigenvalue weighted by atomic mass is 9.96. The first-order valence-electron chi connectivity index (χ1n) is 7.84. The minimum atomic E-state index is -0.0240. The standard InChI is InChI=1S/C15H22N4O2S/c1-12(20)19-5-2-3-13(11-19)14(21)17-6-8-18(9-7-17)15-16-4-10-22-15/h4,10,13H,2-3,5-9,11H2,1H3. The highest BCUT2D eigenvalue weighted by atomic mass is 32.1. The normalized spacial score (nSPS) is 22.8. The fraction of sp³-hybridized carbons (Fsp3) is 0.667. The molecule has 0 bridgehead atoms. The van der Waals surface area contributed by atoms with E-state index in [4.69, 9.17) is 0 Å². The molecule has 2 aliphatic heterocycles. The van der Waals surface area contributed by atoms with Gasteiger partial charge in [-0.25, -0.2) is 4.98 Å². The van der Waals surface area contributed by atoms with E-state index in [0.29, 0.717) is 6.54 Å². The van der Waals surface area contributed by atoms with Crippen LogP contribution in [0.5, 0.6) is 0 Å². The lowest BCUT2D eigenvalue weighted by Crippen LogP contribution is -2.53. The van der Waals surface area contributed by atoms with Crippen LogP contribution in [0.4, 0.5) is 5.13 Å². The monoisotopic (exact) mass is 322 g/mol. The van der Waals surface area contributed by atoms with Gasteiger partial charge >= 0.3 is 0 Å². The van der Waals surface area contributed by atoms with E-state index in [2.05, 4.69) is 9.88 Å². The molecule has 0 aliphatic carbocycles. The summed E-state index contributed by atoms with van der Waals surface area (Å²) in [5.41, 5.74) is 0. The van der Waals surface area contributed by atoms with Crippen LogP contribution in [0.15, 0.2) is 11.6 Å². The molecule has 2 fully saturated rings. The second-order valence-electron chi connectivity index (χ2n) is 5.93. The van der Waals surface area contributed by atoms with Gasteiger partial charge in [-0.15, -0.1) is 11.3 Å². The molecule has 1 unspecified atom stereocenters. The number of carbonyl (C=O) groups is 2. The zero-order valence-corrected chi connectivity index (χ0v) is 13.7. The van der Waals surface area contributed by atoms with E-state index in [1.165, 1.54) is 0 Å². The van der Waals surface area contributed by atoms with Crippen molar-refractivity contribution in [2.24, 2.45) is 5.92 Å². The van der Waals surface area contributed by atoms with Crippen LogP contribution in [0.25, 0.3) is 0 Å². The molecule has 2 saturated heterocycles. The SMILES string of the molecule is CC(=O)N1CCCC(C(=O)N2CCN(c3nccs3)CC2)C1. The molecule has 0 radical (unpaired) electrons. The molecule has 120 valence electrons. The Bertz CT molecular complexity index is 526. The first kappa shape index (κ1) is 15.3. The Hall–Kier alpha value is -1.63. The zero-order valence-electron chi connectivity index (χ0n) is 12.9. The number of likely N-dealkylation sites (tertiary alicyclic amines) is 1. The van der Waals surface area contributed by atoms with Crippen molar-refractivity contribution in [1.29, 1.82) is 0 Å².